The van der Waals surface area contributed by atoms with Crippen molar-refractivity contribution in [3.8, 4) is 0 Å². The predicted molar refractivity (Wildman–Crippen MR) is 85.0 cm³/mol. The number of hydrogen-bond acceptors (Lipinski definition) is 5. The maximum Gasteiger partial charge on any atom is 0.115 e. The quantitative estimate of drug-likeness (QED) is 0.719. The van der Waals surface area contributed by atoms with Crippen LogP contribution in [0.4, 0.5) is 11.4 Å². The van der Waals surface area contributed by atoms with Crippen LogP contribution < -0.4 is 11.1 Å². The van der Waals surface area contributed by atoms with Gasteiger partial charge in [-0.05, 0) is 32.0 Å². The fraction of sp³-hybridized carbons (Fsp3) is 0.200. The Balaban J connectivity index is 1.97. The van der Waals surface area contributed by atoms with E-state index in [1.807, 2.05) is 24.4 Å². The number of aryl methyl sites for hydroxylation is 1. The van der Waals surface area contributed by atoms with Gasteiger partial charge in [-0.1, -0.05) is 0 Å². The first-order chi connectivity index (χ1) is 9.65. The first kappa shape index (κ1) is 12.9. The summed E-state index contributed by atoms with van der Waals surface area (Å²) in [4.78, 5) is 9.79. The third-order valence-corrected chi connectivity index (χ3v) is 4.33. The highest BCUT2D eigenvalue weighted by molar-refractivity contribution is 7.11. The van der Waals surface area contributed by atoms with Crippen molar-refractivity contribution in [1.29, 1.82) is 0 Å². The number of rotatable bonds is 3. The summed E-state index contributed by atoms with van der Waals surface area (Å²) in [7, 11) is 0. The molecule has 2 aromatic heterocycles. The Morgan fingerprint density at radius 3 is 2.80 bits per heavy atom. The second kappa shape index (κ2) is 5.09. The number of nitrogens with one attached hydrogen (secondary N) is 1. The van der Waals surface area contributed by atoms with Crippen molar-refractivity contribution in [2.45, 2.75) is 19.9 Å². The number of hydrogen-bond donors (Lipinski definition) is 2. The average Bonchev–Trinajstić information content (AvgIpc) is 2.89. The summed E-state index contributed by atoms with van der Waals surface area (Å²) >= 11 is 1.71. The van der Waals surface area contributed by atoms with Crippen molar-refractivity contribution in [2.24, 2.45) is 0 Å². The first-order valence-electron chi connectivity index (χ1n) is 6.46. The molecule has 4 nitrogen and oxygen atoms in total. The second-order valence-electron chi connectivity index (χ2n) is 4.80. The molecule has 1 atom stereocenters. The normalized spacial score (nSPS) is 12.5. The minimum absolute atomic E-state index is 0.161. The second-order valence-corrected chi connectivity index (χ2v) is 6.07. The van der Waals surface area contributed by atoms with Gasteiger partial charge < -0.3 is 11.1 Å². The molecule has 0 aliphatic carbocycles. The maximum absolute atomic E-state index is 5.99. The lowest BCUT2D eigenvalue weighted by atomic mass is 10.1. The van der Waals surface area contributed by atoms with Gasteiger partial charge in [-0.2, -0.15) is 0 Å². The van der Waals surface area contributed by atoms with E-state index in [1.54, 1.807) is 23.7 Å². The molecule has 0 radical (unpaired) electrons. The molecule has 102 valence electrons. The van der Waals surface area contributed by atoms with Gasteiger partial charge in [0.25, 0.3) is 0 Å². The number of anilines is 2. The van der Waals surface area contributed by atoms with E-state index in [2.05, 4.69) is 29.1 Å². The number of nitrogen functional groups attached to an aromatic ring is 1. The van der Waals surface area contributed by atoms with Crippen molar-refractivity contribution in [2.75, 3.05) is 11.1 Å². The molecule has 2 heterocycles. The number of nitrogens with two attached hydrogens (primary N) is 1. The van der Waals surface area contributed by atoms with E-state index < -0.39 is 0 Å². The van der Waals surface area contributed by atoms with Gasteiger partial charge in [0.1, 0.15) is 5.01 Å². The fourth-order valence-electron chi connectivity index (χ4n) is 2.21. The van der Waals surface area contributed by atoms with E-state index in [0.29, 0.717) is 0 Å². The topological polar surface area (TPSA) is 63.8 Å². The fourth-order valence-corrected chi connectivity index (χ4v) is 2.98. The Labute approximate surface area is 121 Å². The van der Waals surface area contributed by atoms with Crippen LogP contribution in [-0.2, 0) is 0 Å². The smallest absolute Gasteiger partial charge is 0.115 e. The van der Waals surface area contributed by atoms with Gasteiger partial charge in [0.2, 0.25) is 0 Å². The van der Waals surface area contributed by atoms with E-state index in [1.165, 1.54) is 4.88 Å². The van der Waals surface area contributed by atoms with Gasteiger partial charge in [-0.3, -0.25) is 4.98 Å². The van der Waals surface area contributed by atoms with Gasteiger partial charge in [-0.15, -0.1) is 11.3 Å². The van der Waals surface area contributed by atoms with Crippen molar-refractivity contribution in [3.63, 3.8) is 0 Å². The molecule has 3 aromatic rings. The highest BCUT2D eigenvalue weighted by Gasteiger charge is 2.11. The van der Waals surface area contributed by atoms with E-state index in [4.69, 9.17) is 5.73 Å². The minimum atomic E-state index is 0.161. The van der Waals surface area contributed by atoms with Crippen molar-refractivity contribution >= 4 is 33.5 Å². The Kier molecular flexibility index (Phi) is 3.28. The van der Waals surface area contributed by atoms with Crippen molar-refractivity contribution in [1.82, 2.24) is 9.97 Å². The van der Waals surface area contributed by atoms with Crippen LogP contribution in [0.2, 0.25) is 0 Å². The van der Waals surface area contributed by atoms with Gasteiger partial charge in [0, 0.05) is 45.6 Å². The van der Waals surface area contributed by atoms with Gasteiger partial charge in [0.05, 0.1) is 6.04 Å². The van der Waals surface area contributed by atoms with Gasteiger partial charge in [-0.25, -0.2) is 4.98 Å². The van der Waals surface area contributed by atoms with Crippen LogP contribution in [0.5, 0.6) is 0 Å². The number of nitrogens with zero attached hydrogens (tertiary/aromatic N) is 2. The average molecular weight is 284 g/mol. The number of thiazole rings is 1. The Morgan fingerprint density at radius 1 is 1.20 bits per heavy atom. The van der Waals surface area contributed by atoms with E-state index in [-0.39, 0.29) is 6.04 Å². The molecule has 0 bridgehead atoms. The lowest BCUT2D eigenvalue weighted by Crippen LogP contribution is -2.06. The molecule has 1 aromatic carbocycles. The highest BCUT2D eigenvalue weighted by atomic mass is 32.1. The third kappa shape index (κ3) is 2.32. The molecule has 0 aliphatic heterocycles. The zero-order valence-corrected chi connectivity index (χ0v) is 12.2. The van der Waals surface area contributed by atoms with Crippen LogP contribution in [0.25, 0.3) is 10.8 Å². The monoisotopic (exact) mass is 284 g/mol. The molecular weight excluding hydrogens is 268 g/mol. The Morgan fingerprint density at radius 2 is 2.05 bits per heavy atom. The lowest BCUT2D eigenvalue weighted by Gasteiger charge is -2.15. The van der Waals surface area contributed by atoms with Crippen LogP contribution in [-0.4, -0.2) is 9.97 Å². The zero-order chi connectivity index (χ0) is 14.1. The van der Waals surface area contributed by atoms with Crippen LogP contribution in [0.1, 0.15) is 22.9 Å². The van der Waals surface area contributed by atoms with Gasteiger partial charge >= 0.3 is 0 Å². The molecule has 1 unspecified atom stereocenters. The third-order valence-electron chi connectivity index (χ3n) is 3.23. The Hall–Kier alpha value is -2.14. The molecule has 0 spiro atoms. The minimum Gasteiger partial charge on any atom is -0.398 e. The van der Waals surface area contributed by atoms with Crippen molar-refractivity contribution < 1.29 is 0 Å². The predicted octanol–water partition coefficient (Wildman–Crippen LogP) is 3.76. The molecule has 0 fully saturated rings. The number of benzene rings is 1. The molecule has 3 N–H and O–H groups in total. The van der Waals surface area contributed by atoms with E-state index in [0.717, 1.165) is 27.2 Å². The van der Waals surface area contributed by atoms with Crippen LogP contribution in [0, 0.1) is 6.92 Å². The molecule has 5 heteroatoms. The molecular formula is C15H16N4S. The summed E-state index contributed by atoms with van der Waals surface area (Å²) in [5.41, 5.74) is 7.79. The molecule has 20 heavy (non-hydrogen) atoms. The molecule has 0 amide bonds. The maximum atomic E-state index is 5.99. The first-order valence-corrected chi connectivity index (χ1v) is 7.28. The zero-order valence-electron chi connectivity index (χ0n) is 11.4. The number of aromatic nitrogens is 2. The molecule has 3 rings (SSSR count). The van der Waals surface area contributed by atoms with Crippen molar-refractivity contribution in [3.05, 3.63) is 46.7 Å². The standard InChI is InChI=1S/C15H16N4S/c1-9-7-18-15(20-9)10(2)19-14-4-3-13(16)12-8-17-6-5-11(12)14/h3-8,10,19H,16H2,1-2H3. The molecule has 0 saturated carbocycles. The van der Waals surface area contributed by atoms with Crippen LogP contribution >= 0.6 is 11.3 Å². The summed E-state index contributed by atoms with van der Waals surface area (Å²) in [6.45, 7) is 4.18. The number of pyridine rings is 1. The van der Waals surface area contributed by atoms with E-state index >= 15 is 0 Å². The summed E-state index contributed by atoms with van der Waals surface area (Å²) in [6, 6.07) is 6.06. The summed E-state index contributed by atoms with van der Waals surface area (Å²) in [6.07, 6.45) is 5.49. The Bertz CT molecular complexity index is 750. The SMILES string of the molecule is Cc1cnc(C(C)Nc2ccc(N)c3cnccc23)s1. The number of fused-ring (bicyclic) bond motifs is 1. The molecule has 0 aliphatic rings. The van der Waals surface area contributed by atoms with Crippen LogP contribution in [0.15, 0.2) is 36.8 Å². The molecule has 0 saturated heterocycles. The van der Waals surface area contributed by atoms with Gasteiger partial charge in [0.15, 0.2) is 0 Å². The summed E-state index contributed by atoms with van der Waals surface area (Å²) < 4.78 is 0. The highest BCUT2D eigenvalue weighted by Crippen LogP contribution is 2.30. The van der Waals surface area contributed by atoms with Crippen LogP contribution in [0.3, 0.4) is 0 Å². The summed E-state index contributed by atoms with van der Waals surface area (Å²) in [5, 5.41) is 6.65. The summed E-state index contributed by atoms with van der Waals surface area (Å²) in [5.74, 6) is 0. The largest absolute Gasteiger partial charge is 0.398 e. The van der Waals surface area contributed by atoms with E-state index in [9.17, 15) is 0 Å². The lowest BCUT2D eigenvalue weighted by molar-refractivity contribution is 0.871.